The van der Waals surface area contributed by atoms with Crippen molar-refractivity contribution in [2.75, 3.05) is 30.9 Å². The fourth-order valence-electron chi connectivity index (χ4n) is 3.43. The zero-order chi connectivity index (χ0) is 24.2. The number of hydrogen-bond acceptors (Lipinski definition) is 5. The maximum Gasteiger partial charge on any atom is 0.416 e. The summed E-state index contributed by atoms with van der Waals surface area (Å²) in [7, 11) is -0.207. The van der Waals surface area contributed by atoms with Crippen molar-refractivity contribution in [3.05, 3.63) is 53.6 Å². The molecule has 0 aliphatic carbocycles. The highest BCUT2D eigenvalue weighted by Gasteiger charge is 2.31. The smallest absolute Gasteiger partial charge is 0.376 e. The summed E-state index contributed by atoms with van der Waals surface area (Å²) in [5.74, 6) is -0.0645. The van der Waals surface area contributed by atoms with Gasteiger partial charge in [-0.1, -0.05) is 18.6 Å². The number of sulfonamides is 1. The standard InChI is InChI=1S/C22H25F3N4O3S/c1-29(2)18-12-11-15(22(23,24)25)14-17(18)27-20(30)10-4-3-7-13-26-21-16-8-5-6-9-19(16)33(31,32)28-21/h5-6,8-9,11-12,14H,3-4,7,10,13H2,1-2H3,(H,26,28)(H,27,30). The van der Waals surface area contributed by atoms with Crippen LogP contribution in [-0.2, 0) is 21.0 Å². The van der Waals surface area contributed by atoms with Gasteiger partial charge >= 0.3 is 6.18 Å². The van der Waals surface area contributed by atoms with E-state index in [0.717, 1.165) is 12.1 Å². The van der Waals surface area contributed by atoms with Crippen molar-refractivity contribution >= 4 is 33.1 Å². The highest BCUT2D eigenvalue weighted by atomic mass is 32.2. The molecule has 1 heterocycles. The number of amides is 1. The summed E-state index contributed by atoms with van der Waals surface area (Å²) in [6.45, 7) is 0.381. The van der Waals surface area contributed by atoms with Gasteiger partial charge in [-0.25, -0.2) is 8.42 Å². The van der Waals surface area contributed by atoms with Gasteiger partial charge in [0.25, 0.3) is 10.0 Å². The number of alkyl halides is 3. The lowest BCUT2D eigenvalue weighted by Crippen LogP contribution is -2.22. The first-order valence-corrected chi connectivity index (χ1v) is 11.8. The van der Waals surface area contributed by atoms with Gasteiger partial charge in [0.2, 0.25) is 5.91 Å². The van der Waals surface area contributed by atoms with E-state index in [1.54, 1.807) is 37.2 Å². The van der Waals surface area contributed by atoms with Gasteiger partial charge in [-0.2, -0.15) is 13.2 Å². The Morgan fingerprint density at radius 1 is 1.09 bits per heavy atom. The molecule has 2 aromatic carbocycles. The van der Waals surface area contributed by atoms with Crippen molar-refractivity contribution in [3.8, 4) is 0 Å². The zero-order valence-corrected chi connectivity index (χ0v) is 19.1. The summed E-state index contributed by atoms with van der Waals surface area (Å²) in [6, 6.07) is 9.83. The van der Waals surface area contributed by atoms with E-state index in [0.29, 0.717) is 42.9 Å². The van der Waals surface area contributed by atoms with Crippen molar-refractivity contribution in [2.45, 2.75) is 36.8 Å². The molecule has 1 aliphatic heterocycles. The largest absolute Gasteiger partial charge is 0.416 e. The van der Waals surface area contributed by atoms with Crippen molar-refractivity contribution in [3.63, 3.8) is 0 Å². The predicted molar refractivity (Wildman–Crippen MR) is 121 cm³/mol. The molecule has 0 aromatic heterocycles. The van der Waals surface area contributed by atoms with Gasteiger partial charge in [0, 0.05) is 32.6 Å². The molecule has 0 unspecified atom stereocenters. The van der Waals surface area contributed by atoms with Crippen LogP contribution in [-0.4, -0.2) is 40.8 Å². The summed E-state index contributed by atoms with van der Waals surface area (Å²) in [6.07, 6.45) is -2.54. The molecule has 0 radical (unpaired) electrons. The molecule has 2 aromatic rings. The van der Waals surface area contributed by atoms with E-state index in [1.165, 1.54) is 12.1 Å². The monoisotopic (exact) mass is 482 g/mol. The molecule has 0 bridgehead atoms. The molecular weight excluding hydrogens is 457 g/mol. The van der Waals surface area contributed by atoms with Crippen LogP contribution in [0.2, 0.25) is 0 Å². The molecule has 0 saturated heterocycles. The second-order valence-electron chi connectivity index (χ2n) is 7.81. The Kier molecular flexibility index (Phi) is 7.31. The number of carbonyl (C=O) groups excluding carboxylic acids is 1. The van der Waals surface area contributed by atoms with E-state index in [4.69, 9.17) is 0 Å². The summed E-state index contributed by atoms with van der Waals surface area (Å²) in [5.41, 5.74) is 0.297. The summed E-state index contributed by atoms with van der Waals surface area (Å²) >= 11 is 0. The topological polar surface area (TPSA) is 90.9 Å². The third kappa shape index (κ3) is 6.04. The lowest BCUT2D eigenvalue weighted by Gasteiger charge is -2.19. The first-order valence-electron chi connectivity index (χ1n) is 10.3. The van der Waals surface area contributed by atoms with Crippen molar-refractivity contribution < 1.29 is 26.4 Å². The number of aliphatic imine (C=N–C) groups is 1. The Labute approximate surface area is 190 Å². The Morgan fingerprint density at radius 3 is 2.52 bits per heavy atom. The number of nitrogens with zero attached hydrogens (tertiary/aromatic N) is 2. The number of rotatable bonds is 8. The molecule has 3 rings (SSSR count). The van der Waals surface area contributed by atoms with Crippen LogP contribution in [0.1, 0.15) is 36.8 Å². The number of carbonyl (C=O) groups is 1. The van der Waals surface area contributed by atoms with Gasteiger partial charge in [0.15, 0.2) is 0 Å². The summed E-state index contributed by atoms with van der Waals surface area (Å²) < 4.78 is 65.6. The van der Waals surface area contributed by atoms with Crippen molar-refractivity contribution in [2.24, 2.45) is 4.99 Å². The zero-order valence-electron chi connectivity index (χ0n) is 18.2. The molecule has 0 spiro atoms. The number of benzene rings is 2. The minimum absolute atomic E-state index is 0.110. The number of halogens is 3. The van der Waals surface area contributed by atoms with Gasteiger partial charge in [0.05, 0.1) is 21.8 Å². The molecule has 0 saturated carbocycles. The average molecular weight is 483 g/mol. The normalized spacial score (nSPS) is 15.7. The third-order valence-corrected chi connectivity index (χ3v) is 6.47. The average Bonchev–Trinajstić information content (AvgIpc) is 3.00. The molecular formula is C22H25F3N4O3S. The van der Waals surface area contributed by atoms with Crippen LogP contribution in [0.5, 0.6) is 0 Å². The van der Waals surface area contributed by atoms with Crippen LogP contribution in [0.3, 0.4) is 0 Å². The Balaban J connectivity index is 1.50. The molecule has 178 valence electrons. The summed E-state index contributed by atoms with van der Waals surface area (Å²) in [5, 5.41) is 2.58. The number of nitrogens with one attached hydrogen (secondary N) is 2. The first-order chi connectivity index (χ1) is 15.5. The fourth-order valence-corrected chi connectivity index (χ4v) is 4.68. The van der Waals surface area contributed by atoms with Crippen LogP contribution in [0.15, 0.2) is 52.4 Å². The Hall–Kier alpha value is -3.08. The lowest BCUT2D eigenvalue weighted by molar-refractivity contribution is -0.137. The molecule has 1 amide bonds. The van der Waals surface area contributed by atoms with Gasteiger partial charge in [-0.05, 0) is 43.2 Å². The fraction of sp³-hybridized carbons (Fsp3) is 0.364. The molecule has 11 heteroatoms. The van der Waals surface area contributed by atoms with Crippen molar-refractivity contribution in [1.29, 1.82) is 0 Å². The second kappa shape index (κ2) is 9.82. The van der Waals surface area contributed by atoms with Gasteiger partial charge in [0.1, 0.15) is 5.84 Å². The van der Waals surface area contributed by atoms with Crippen LogP contribution in [0.25, 0.3) is 0 Å². The second-order valence-corrected chi connectivity index (χ2v) is 9.47. The van der Waals surface area contributed by atoms with Crippen LogP contribution in [0.4, 0.5) is 24.5 Å². The van der Waals surface area contributed by atoms with E-state index in [9.17, 15) is 26.4 Å². The first kappa shape index (κ1) is 24.6. The maximum absolute atomic E-state index is 13.0. The predicted octanol–water partition coefficient (Wildman–Crippen LogP) is 4.01. The molecule has 0 atom stereocenters. The number of hydrogen-bond donors (Lipinski definition) is 2. The third-order valence-electron chi connectivity index (χ3n) is 5.07. The van der Waals surface area contributed by atoms with Crippen LogP contribution in [0, 0.1) is 0 Å². The number of unbranched alkanes of at least 4 members (excludes halogenated alkanes) is 2. The highest BCUT2D eigenvalue weighted by Crippen LogP contribution is 2.35. The number of anilines is 2. The quantitative estimate of drug-likeness (QED) is 0.557. The van der Waals surface area contributed by atoms with E-state index in [2.05, 4.69) is 15.0 Å². The van der Waals surface area contributed by atoms with Crippen LogP contribution >= 0.6 is 0 Å². The van der Waals surface area contributed by atoms with Gasteiger partial charge < -0.3 is 10.2 Å². The summed E-state index contributed by atoms with van der Waals surface area (Å²) in [4.78, 5) is 18.4. The van der Waals surface area contributed by atoms with Crippen molar-refractivity contribution in [1.82, 2.24) is 4.72 Å². The van der Waals surface area contributed by atoms with Crippen LogP contribution < -0.4 is 14.9 Å². The SMILES string of the molecule is CN(C)c1ccc(C(F)(F)F)cc1NC(=O)CCCCCN=C1NS(=O)(=O)c2ccccc21. The minimum Gasteiger partial charge on any atom is -0.376 e. The number of fused-ring (bicyclic) bond motifs is 1. The molecule has 2 N–H and O–H groups in total. The molecule has 7 nitrogen and oxygen atoms in total. The number of amidine groups is 1. The maximum atomic E-state index is 13.0. The van der Waals surface area contributed by atoms with Gasteiger partial charge in [-0.15, -0.1) is 0 Å². The molecule has 0 fully saturated rings. The minimum atomic E-state index is -4.50. The lowest BCUT2D eigenvalue weighted by atomic mass is 10.1. The highest BCUT2D eigenvalue weighted by molar-refractivity contribution is 7.90. The van der Waals surface area contributed by atoms with Gasteiger partial charge in [-0.3, -0.25) is 14.5 Å². The molecule has 33 heavy (non-hydrogen) atoms. The molecule has 1 aliphatic rings. The Morgan fingerprint density at radius 2 is 1.82 bits per heavy atom. The van der Waals surface area contributed by atoms with E-state index in [1.807, 2.05) is 0 Å². The van der Waals surface area contributed by atoms with E-state index < -0.39 is 21.8 Å². The van der Waals surface area contributed by atoms with E-state index >= 15 is 0 Å². The Bertz CT molecular complexity index is 1160. The van der Waals surface area contributed by atoms with E-state index in [-0.39, 0.29) is 22.9 Å².